The van der Waals surface area contributed by atoms with Crippen LogP contribution >= 0.6 is 11.6 Å². The summed E-state index contributed by atoms with van der Waals surface area (Å²) in [5.41, 5.74) is 3.48. The van der Waals surface area contributed by atoms with Gasteiger partial charge in [-0.15, -0.1) is 0 Å². The average Bonchev–Trinajstić information content (AvgIpc) is 2.33. The smallest absolute Gasteiger partial charge is 0.0457 e. The normalized spacial score (nSPS) is 10.4. The first-order valence-electron chi connectivity index (χ1n) is 5.29. The summed E-state index contributed by atoms with van der Waals surface area (Å²) in [7, 11) is 1.92. The molecule has 0 aliphatic carbocycles. The number of hydrogen-bond acceptors (Lipinski definition) is 1. The van der Waals surface area contributed by atoms with Gasteiger partial charge in [0, 0.05) is 11.6 Å². The maximum Gasteiger partial charge on any atom is 0.0457 e. The van der Waals surface area contributed by atoms with Crippen LogP contribution in [0, 0.1) is 0 Å². The van der Waals surface area contributed by atoms with Crippen molar-refractivity contribution in [2.75, 3.05) is 7.05 Å². The standard InChI is InChI=1S/C14H14ClN/c1-16-10-13-8-7-12(9-14(13)15)11-5-3-2-4-6-11/h2-9,16H,10H2,1H3. The summed E-state index contributed by atoms with van der Waals surface area (Å²) in [6.07, 6.45) is 0. The summed E-state index contributed by atoms with van der Waals surface area (Å²) < 4.78 is 0. The summed E-state index contributed by atoms with van der Waals surface area (Å²) in [6, 6.07) is 16.4. The Labute approximate surface area is 101 Å². The van der Waals surface area contributed by atoms with E-state index in [4.69, 9.17) is 11.6 Å². The zero-order chi connectivity index (χ0) is 11.4. The fourth-order valence-electron chi connectivity index (χ4n) is 1.69. The summed E-state index contributed by atoms with van der Waals surface area (Å²) in [4.78, 5) is 0. The van der Waals surface area contributed by atoms with E-state index in [2.05, 4.69) is 29.6 Å². The van der Waals surface area contributed by atoms with Crippen molar-refractivity contribution in [1.82, 2.24) is 5.32 Å². The molecule has 0 unspecified atom stereocenters. The van der Waals surface area contributed by atoms with Crippen LogP contribution in [-0.2, 0) is 6.54 Å². The van der Waals surface area contributed by atoms with Gasteiger partial charge in [0.15, 0.2) is 0 Å². The molecule has 0 aromatic heterocycles. The first-order chi connectivity index (χ1) is 7.81. The molecular formula is C14H14ClN. The van der Waals surface area contributed by atoms with E-state index in [0.717, 1.165) is 22.7 Å². The molecule has 2 aromatic carbocycles. The molecule has 0 bridgehead atoms. The van der Waals surface area contributed by atoms with Crippen molar-refractivity contribution in [3.8, 4) is 11.1 Å². The first-order valence-corrected chi connectivity index (χ1v) is 5.67. The Morgan fingerprint density at radius 1 is 1.00 bits per heavy atom. The lowest BCUT2D eigenvalue weighted by Crippen LogP contribution is -2.05. The van der Waals surface area contributed by atoms with Crippen LogP contribution in [0.25, 0.3) is 11.1 Å². The Hall–Kier alpha value is -1.31. The molecule has 2 rings (SSSR count). The molecule has 2 aromatic rings. The third-order valence-electron chi connectivity index (χ3n) is 2.53. The van der Waals surface area contributed by atoms with Gasteiger partial charge in [0.1, 0.15) is 0 Å². The molecule has 0 atom stereocenters. The number of rotatable bonds is 3. The zero-order valence-electron chi connectivity index (χ0n) is 9.20. The van der Waals surface area contributed by atoms with Crippen LogP contribution in [0.15, 0.2) is 48.5 Å². The van der Waals surface area contributed by atoms with E-state index >= 15 is 0 Å². The van der Waals surface area contributed by atoms with Gasteiger partial charge < -0.3 is 5.32 Å². The molecule has 0 amide bonds. The minimum atomic E-state index is 0.800. The van der Waals surface area contributed by atoms with Gasteiger partial charge in [-0.3, -0.25) is 0 Å². The molecule has 0 aliphatic heterocycles. The van der Waals surface area contributed by atoms with E-state index < -0.39 is 0 Å². The molecule has 0 spiro atoms. The van der Waals surface area contributed by atoms with Crippen molar-refractivity contribution in [3.05, 3.63) is 59.1 Å². The third kappa shape index (κ3) is 2.43. The van der Waals surface area contributed by atoms with E-state index in [1.165, 1.54) is 5.56 Å². The lowest BCUT2D eigenvalue weighted by Gasteiger charge is -2.06. The van der Waals surface area contributed by atoms with E-state index in [1.807, 2.05) is 31.3 Å². The molecule has 0 fully saturated rings. The maximum absolute atomic E-state index is 6.22. The quantitative estimate of drug-likeness (QED) is 0.849. The lowest BCUT2D eigenvalue weighted by atomic mass is 10.0. The summed E-state index contributed by atoms with van der Waals surface area (Å²) in [6.45, 7) is 0.800. The summed E-state index contributed by atoms with van der Waals surface area (Å²) >= 11 is 6.22. The van der Waals surface area contributed by atoms with Gasteiger partial charge in [-0.1, -0.05) is 54.1 Å². The van der Waals surface area contributed by atoms with Crippen molar-refractivity contribution in [1.29, 1.82) is 0 Å². The fourth-order valence-corrected chi connectivity index (χ4v) is 1.94. The molecule has 0 saturated carbocycles. The zero-order valence-corrected chi connectivity index (χ0v) is 9.96. The van der Waals surface area contributed by atoms with Crippen LogP contribution in [0.3, 0.4) is 0 Å². The number of halogens is 1. The molecule has 0 heterocycles. The van der Waals surface area contributed by atoms with Crippen LogP contribution < -0.4 is 5.32 Å². The number of hydrogen-bond donors (Lipinski definition) is 1. The first kappa shape index (κ1) is 11.2. The molecule has 1 N–H and O–H groups in total. The van der Waals surface area contributed by atoms with Crippen molar-refractivity contribution in [3.63, 3.8) is 0 Å². The van der Waals surface area contributed by atoms with E-state index in [1.54, 1.807) is 0 Å². The van der Waals surface area contributed by atoms with Crippen LogP contribution in [0.5, 0.6) is 0 Å². The van der Waals surface area contributed by atoms with Gasteiger partial charge in [0.05, 0.1) is 0 Å². The van der Waals surface area contributed by atoms with Gasteiger partial charge in [-0.05, 0) is 29.8 Å². The molecular weight excluding hydrogens is 218 g/mol. The Balaban J connectivity index is 2.35. The second-order valence-electron chi connectivity index (χ2n) is 3.70. The molecule has 2 heteroatoms. The minimum Gasteiger partial charge on any atom is -0.316 e. The SMILES string of the molecule is CNCc1ccc(-c2ccccc2)cc1Cl. The largest absolute Gasteiger partial charge is 0.316 e. The highest BCUT2D eigenvalue weighted by atomic mass is 35.5. The molecule has 0 aliphatic rings. The highest BCUT2D eigenvalue weighted by molar-refractivity contribution is 6.31. The van der Waals surface area contributed by atoms with E-state index in [9.17, 15) is 0 Å². The molecule has 0 radical (unpaired) electrons. The summed E-state index contributed by atoms with van der Waals surface area (Å²) in [5.74, 6) is 0. The van der Waals surface area contributed by atoms with Gasteiger partial charge in [-0.25, -0.2) is 0 Å². The Bertz CT molecular complexity index is 465. The minimum absolute atomic E-state index is 0.800. The maximum atomic E-state index is 6.22. The lowest BCUT2D eigenvalue weighted by molar-refractivity contribution is 0.818. The molecule has 0 saturated heterocycles. The Morgan fingerprint density at radius 2 is 1.75 bits per heavy atom. The molecule has 82 valence electrons. The van der Waals surface area contributed by atoms with Crippen molar-refractivity contribution >= 4 is 11.6 Å². The topological polar surface area (TPSA) is 12.0 Å². The second-order valence-corrected chi connectivity index (χ2v) is 4.11. The van der Waals surface area contributed by atoms with Crippen LogP contribution in [0.4, 0.5) is 0 Å². The van der Waals surface area contributed by atoms with Gasteiger partial charge >= 0.3 is 0 Å². The molecule has 16 heavy (non-hydrogen) atoms. The van der Waals surface area contributed by atoms with Crippen molar-refractivity contribution in [2.45, 2.75) is 6.54 Å². The van der Waals surface area contributed by atoms with Crippen LogP contribution in [-0.4, -0.2) is 7.05 Å². The fraction of sp³-hybridized carbons (Fsp3) is 0.143. The third-order valence-corrected chi connectivity index (χ3v) is 2.88. The second kappa shape index (κ2) is 5.15. The van der Waals surface area contributed by atoms with Crippen molar-refractivity contribution < 1.29 is 0 Å². The molecule has 1 nitrogen and oxygen atoms in total. The average molecular weight is 232 g/mol. The Morgan fingerprint density at radius 3 is 2.38 bits per heavy atom. The highest BCUT2D eigenvalue weighted by Gasteiger charge is 2.02. The number of nitrogens with one attached hydrogen (secondary N) is 1. The van der Waals surface area contributed by atoms with Crippen LogP contribution in [0.2, 0.25) is 5.02 Å². The summed E-state index contributed by atoms with van der Waals surface area (Å²) in [5, 5.41) is 3.92. The highest BCUT2D eigenvalue weighted by Crippen LogP contribution is 2.25. The van der Waals surface area contributed by atoms with Crippen molar-refractivity contribution in [2.24, 2.45) is 0 Å². The predicted octanol–water partition coefficient (Wildman–Crippen LogP) is 3.73. The Kier molecular flexibility index (Phi) is 3.60. The van der Waals surface area contributed by atoms with Gasteiger partial charge in [-0.2, -0.15) is 0 Å². The van der Waals surface area contributed by atoms with Crippen LogP contribution in [0.1, 0.15) is 5.56 Å². The predicted molar refractivity (Wildman–Crippen MR) is 69.7 cm³/mol. The van der Waals surface area contributed by atoms with Gasteiger partial charge in [0.2, 0.25) is 0 Å². The monoisotopic (exact) mass is 231 g/mol. The van der Waals surface area contributed by atoms with E-state index in [0.29, 0.717) is 0 Å². The van der Waals surface area contributed by atoms with E-state index in [-0.39, 0.29) is 0 Å². The number of benzene rings is 2. The van der Waals surface area contributed by atoms with Gasteiger partial charge in [0.25, 0.3) is 0 Å².